The second-order valence-corrected chi connectivity index (χ2v) is 4.06. The average Bonchev–Trinajstić information content (AvgIpc) is 2.14. The van der Waals surface area contributed by atoms with Crippen LogP contribution in [0.25, 0.3) is 0 Å². The molecule has 0 bridgehead atoms. The topological polar surface area (TPSA) is 22.1 Å². The Balaban J connectivity index is 2.79. The zero-order chi connectivity index (χ0) is 12.3. The number of pyridine rings is 1. The zero-order valence-corrected chi connectivity index (χ0v) is 9.43. The van der Waals surface area contributed by atoms with Gasteiger partial charge in [-0.25, -0.2) is 18.2 Å². The van der Waals surface area contributed by atoms with Crippen molar-refractivity contribution in [3.63, 3.8) is 0 Å². The molecule has 0 atom stereocenters. The van der Waals surface area contributed by atoms with Crippen LogP contribution in [0.1, 0.15) is 32.3 Å². The predicted molar refractivity (Wildman–Crippen MR) is 54.4 cm³/mol. The quantitative estimate of drug-likeness (QED) is 0.795. The van der Waals surface area contributed by atoms with E-state index in [0.29, 0.717) is 5.56 Å². The van der Waals surface area contributed by atoms with E-state index in [1.807, 2.05) is 0 Å². The lowest BCUT2D eigenvalue weighted by Crippen LogP contribution is -2.21. The molecule has 0 aliphatic rings. The largest absolute Gasteiger partial charge is 0.471 e. The van der Waals surface area contributed by atoms with Gasteiger partial charge in [0.25, 0.3) is 5.92 Å². The SMILES string of the molecule is CC(C)c1cc(OCC(C)(F)F)ncc1F. The Morgan fingerprint density at radius 2 is 2.06 bits per heavy atom. The number of ether oxygens (including phenoxy) is 1. The third-order valence-electron chi connectivity index (χ3n) is 1.96. The molecule has 0 radical (unpaired) electrons. The van der Waals surface area contributed by atoms with Crippen molar-refractivity contribution < 1.29 is 17.9 Å². The minimum absolute atomic E-state index is 0.0200. The molecule has 90 valence electrons. The minimum atomic E-state index is -2.92. The van der Waals surface area contributed by atoms with E-state index < -0.39 is 18.3 Å². The van der Waals surface area contributed by atoms with Crippen LogP contribution < -0.4 is 4.74 Å². The molecule has 1 rings (SSSR count). The lowest BCUT2D eigenvalue weighted by atomic mass is 10.0. The molecule has 0 N–H and O–H groups in total. The van der Waals surface area contributed by atoms with Crippen molar-refractivity contribution >= 4 is 0 Å². The van der Waals surface area contributed by atoms with Crippen molar-refractivity contribution in [1.82, 2.24) is 4.98 Å². The summed E-state index contributed by atoms with van der Waals surface area (Å²) >= 11 is 0. The van der Waals surface area contributed by atoms with E-state index in [-0.39, 0.29) is 11.8 Å². The molecule has 1 heterocycles. The van der Waals surface area contributed by atoms with Crippen LogP contribution in [0.2, 0.25) is 0 Å². The van der Waals surface area contributed by atoms with Gasteiger partial charge < -0.3 is 4.74 Å². The highest BCUT2D eigenvalue weighted by atomic mass is 19.3. The van der Waals surface area contributed by atoms with Gasteiger partial charge in [-0.05, 0) is 11.5 Å². The Kier molecular flexibility index (Phi) is 3.78. The molecule has 0 amide bonds. The van der Waals surface area contributed by atoms with Gasteiger partial charge in [-0.2, -0.15) is 0 Å². The molecule has 0 spiro atoms. The van der Waals surface area contributed by atoms with E-state index in [1.165, 1.54) is 6.07 Å². The van der Waals surface area contributed by atoms with E-state index in [4.69, 9.17) is 4.74 Å². The standard InChI is InChI=1S/C11H14F3NO/c1-7(2)8-4-10(15-5-9(8)12)16-6-11(3,13)14/h4-5,7H,6H2,1-3H3. The third-order valence-corrected chi connectivity index (χ3v) is 1.96. The molecule has 0 aromatic carbocycles. The van der Waals surface area contributed by atoms with E-state index in [1.54, 1.807) is 13.8 Å². The van der Waals surface area contributed by atoms with Crippen LogP contribution in [0.5, 0.6) is 5.88 Å². The summed E-state index contributed by atoms with van der Waals surface area (Å²) in [6.07, 6.45) is 0.985. The summed E-state index contributed by atoms with van der Waals surface area (Å²) in [5.41, 5.74) is 0.407. The summed E-state index contributed by atoms with van der Waals surface area (Å²) in [5, 5.41) is 0. The maximum absolute atomic E-state index is 13.2. The van der Waals surface area contributed by atoms with E-state index in [2.05, 4.69) is 4.98 Å². The van der Waals surface area contributed by atoms with Gasteiger partial charge >= 0.3 is 0 Å². The highest BCUT2D eigenvalue weighted by molar-refractivity contribution is 5.24. The van der Waals surface area contributed by atoms with Gasteiger partial charge in [0.2, 0.25) is 5.88 Å². The molecule has 0 aliphatic carbocycles. The second-order valence-electron chi connectivity index (χ2n) is 4.06. The number of halogens is 3. The average molecular weight is 233 g/mol. The first-order chi connectivity index (χ1) is 7.29. The first-order valence-corrected chi connectivity index (χ1v) is 4.95. The normalized spacial score (nSPS) is 11.9. The van der Waals surface area contributed by atoms with Gasteiger partial charge in [0, 0.05) is 13.0 Å². The summed E-state index contributed by atoms with van der Waals surface area (Å²) in [6, 6.07) is 1.35. The van der Waals surface area contributed by atoms with Crippen LogP contribution in [0, 0.1) is 5.82 Å². The Bertz CT molecular complexity index is 361. The molecule has 0 unspecified atom stereocenters. The van der Waals surface area contributed by atoms with Gasteiger partial charge in [0.05, 0.1) is 6.20 Å². The molecule has 2 nitrogen and oxygen atoms in total. The van der Waals surface area contributed by atoms with E-state index in [0.717, 1.165) is 13.1 Å². The highest BCUT2D eigenvalue weighted by Gasteiger charge is 2.22. The molecule has 0 saturated carbocycles. The summed E-state index contributed by atoms with van der Waals surface area (Å²) in [4.78, 5) is 3.59. The monoisotopic (exact) mass is 233 g/mol. The summed E-state index contributed by atoms with van der Waals surface area (Å²) < 4.78 is 43.1. The molecule has 16 heavy (non-hydrogen) atoms. The van der Waals surface area contributed by atoms with Crippen LogP contribution >= 0.6 is 0 Å². The Hall–Kier alpha value is -1.26. The number of nitrogens with zero attached hydrogens (tertiary/aromatic N) is 1. The minimum Gasteiger partial charge on any atom is -0.471 e. The zero-order valence-electron chi connectivity index (χ0n) is 9.43. The fourth-order valence-electron chi connectivity index (χ4n) is 1.16. The summed E-state index contributed by atoms with van der Waals surface area (Å²) in [6.45, 7) is 3.59. The van der Waals surface area contributed by atoms with Crippen molar-refractivity contribution in [2.45, 2.75) is 32.6 Å². The van der Waals surface area contributed by atoms with Crippen LogP contribution in [-0.4, -0.2) is 17.5 Å². The maximum Gasteiger partial charge on any atom is 0.278 e. The molecular formula is C11H14F3NO. The van der Waals surface area contributed by atoms with Crippen molar-refractivity contribution in [2.75, 3.05) is 6.61 Å². The van der Waals surface area contributed by atoms with Crippen LogP contribution in [0.15, 0.2) is 12.3 Å². The van der Waals surface area contributed by atoms with Crippen LogP contribution in [0.4, 0.5) is 13.2 Å². The lowest BCUT2D eigenvalue weighted by molar-refractivity contribution is -0.0243. The number of alkyl halides is 2. The first kappa shape index (κ1) is 12.8. The molecule has 1 aromatic rings. The van der Waals surface area contributed by atoms with Crippen molar-refractivity contribution in [3.05, 3.63) is 23.6 Å². The summed E-state index contributed by atoms with van der Waals surface area (Å²) in [5.74, 6) is -3.40. The van der Waals surface area contributed by atoms with E-state index in [9.17, 15) is 13.2 Å². The van der Waals surface area contributed by atoms with Gasteiger partial charge in [-0.15, -0.1) is 0 Å². The second kappa shape index (κ2) is 4.72. The first-order valence-electron chi connectivity index (χ1n) is 4.95. The molecule has 1 aromatic heterocycles. The fraction of sp³-hybridized carbons (Fsp3) is 0.545. The fourth-order valence-corrected chi connectivity index (χ4v) is 1.16. The Morgan fingerprint density at radius 1 is 1.44 bits per heavy atom. The van der Waals surface area contributed by atoms with Gasteiger partial charge in [-0.3, -0.25) is 0 Å². The summed E-state index contributed by atoms with van der Waals surface area (Å²) in [7, 11) is 0. The highest BCUT2D eigenvalue weighted by Crippen LogP contribution is 2.22. The van der Waals surface area contributed by atoms with Gasteiger partial charge in [0.1, 0.15) is 5.82 Å². The van der Waals surface area contributed by atoms with Gasteiger partial charge in [0.15, 0.2) is 6.61 Å². The number of aromatic nitrogens is 1. The third kappa shape index (κ3) is 3.72. The maximum atomic E-state index is 13.2. The molecule has 5 heteroatoms. The number of hydrogen-bond acceptors (Lipinski definition) is 2. The molecule has 0 aliphatic heterocycles. The molecular weight excluding hydrogens is 219 g/mol. The van der Waals surface area contributed by atoms with Crippen LogP contribution in [-0.2, 0) is 0 Å². The Morgan fingerprint density at radius 3 is 2.56 bits per heavy atom. The number of rotatable bonds is 4. The Labute approximate surface area is 92.5 Å². The molecule has 0 saturated heterocycles. The molecule has 0 fully saturated rings. The smallest absolute Gasteiger partial charge is 0.278 e. The van der Waals surface area contributed by atoms with E-state index >= 15 is 0 Å². The lowest BCUT2D eigenvalue weighted by Gasteiger charge is -2.13. The van der Waals surface area contributed by atoms with Gasteiger partial charge in [-0.1, -0.05) is 13.8 Å². The predicted octanol–water partition coefficient (Wildman–Crippen LogP) is 3.38. The van der Waals surface area contributed by atoms with Crippen molar-refractivity contribution in [2.24, 2.45) is 0 Å². The van der Waals surface area contributed by atoms with Crippen LogP contribution in [0.3, 0.4) is 0 Å². The number of hydrogen-bond donors (Lipinski definition) is 0. The van der Waals surface area contributed by atoms with Crippen molar-refractivity contribution in [3.8, 4) is 5.88 Å². The van der Waals surface area contributed by atoms with Crippen molar-refractivity contribution in [1.29, 1.82) is 0 Å².